The van der Waals surface area contributed by atoms with Gasteiger partial charge in [-0.2, -0.15) is 0 Å². The molecule has 0 saturated carbocycles. The van der Waals surface area contributed by atoms with Gasteiger partial charge in [0.05, 0.1) is 17.2 Å². The van der Waals surface area contributed by atoms with Crippen LogP contribution < -0.4 is 10.1 Å². The molecular formula is C22H18N4O4. The van der Waals surface area contributed by atoms with Crippen molar-refractivity contribution in [2.24, 2.45) is 0 Å². The van der Waals surface area contributed by atoms with Crippen molar-refractivity contribution < 1.29 is 14.5 Å². The third-order valence-corrected chi connectivity index (χ3v) is 4.50. The molecule has 0 radical (unpaired) electrons. The zero-order valence-corrected chi connectivity index (χ0v) is 15.9. The normalized spacial score (nSPS) is 10.7. The molecule has 150 valence electrons. The van der Waals surface area contributed by atoms with E-state index in [0.717, 1.165) is 11.2 Å². The topological polar surface area (TPSA) is 98.8 Å². The van der Waals surface area contributed by atoms with Crippen LogP contribution in [0.25, 0.3) is 5.65 Å². The Balaban J connectivity index is 1.45. The maximum atomic E-state index is 12.5. The van der Waals surface area contributed by atoms with E-state index in [4.69, 9.17) is 4.74 Å². The lowest BCUT2D eigenvalue weighted by molar-refractivity contribution is -0.386. The summed E-state index contributed by atoms with van der Waals surface area (Å²) in [5.41, 5.74) is 2.27. The molecule has 4 aromatic rings. The Hall–Kier alpha value is -4.20. The molecule has 0 unspecified atom stereocenters. The molecule has 0 aliphatic rings. The van der Waals surface area contributed by atoms with Gasteiger partial charge >= 0.3 is 5.69 Å². The predicted molar refractivity (Wildman–Crippen MR) is 110 cm³/mol. The van der Waals surface area contributed by atoms with Gasteiger partial charge in [0.2, 0.25) is 0 Å². The minimum absolute atomic E-state index is 0.112. The fraction of sp³-hybridized carbons (Fsp3) is 0.0909. The molecule has 1 amide bonds. The van der Waals surface area contributed by atoms with E-state index >= 15 is 0 Å². The molecule has 8 heteroatoms. The monoisotopic (exact) mass is 402 g/mol. The van der Waals surface area contributed by atoms with Crippen molar-refractivity contribution in [3.63, 3.8) is 0 Å². The van der Waals surface area contributed by atoms with Crippen molar-refractivity contribution in [3.05, 3.63) is 106 Å². The Morgan fingerprint density at radius 2 is 1.90 bits per heavy atom. The van der Waals surface area contributed by atoms with E-state index in [9.17, 15) is 14.9 Å². The van der Waals surface area contributed by atoms with E-state index in [1.807, 2.05) is 65.3 Å². The number of pyridine rings is 1. The average molecular weight is 402 g/mol. The number of carbonyl (C=O) groups excluding carboxylic acids is 1. The third-order valence-electron chi connectivity index (χ3n) is 4.50. The summed E-state index contributed by atoms with van der Waals surface area (Å²) in [6.07, 6.45) is 3.68. The Labute approximate surface area is 171 Å². The number of nitro groups is 1. The van der Waals surface area contributed by atoms with Crippen LogP contribution in [-0.4, -0.2) is 20.2 Å². The van der Waals surface area contributed by atoms with Gasteiger partial charge in [0.25, 0.3) is 5.91 Å². The zero-order valence-electron chi connectivity index (χ0n) is 15.9. The van der Waals surface area contributed by atoms with Gasteiger partial charge in [-0.1, -0.05) is 36.4 Å². The highest BCUT2D eigenvalue weighted by Crippen LogP contribution is 2.28. The first-order valence-electron chi connectivity index (χ1n) is 9.26. The van der Waals surface area contributed by atoms with E-state index in [0.29, 0.717) is 5.69 Å². The number of fused-ring (bicyclic) bond motifs is 1. The second kappa shape index (κ2) is 8.44. The van der Waals surface area contributed by atoms with E-state index in [-0.39, 0.29) is 30.2 Å². The number of nitrogens with zero attached hydrogens (tertiary/aromatic N) is 3. The highest BCUT2D eigenvalue weighted by molar-refractivity contribution is 5.95. The quantitative estimate of drug-likeness (QED) is 0.375. The Bertz CT molecular complexity index is 1170. The SMILES string of the molecule is O=C(NCc1cn2ccccc2n1)c1ccc(OCc2ccccc2)c([N+](=O)[O-])c1. The molecule has 0 spiro atoms. The summed E-state index contributed by atoms with van der Waals surface area (Å²) in [7, 11) is 0. The lowest BCUT2D eigenvalue weighted by Crippen LogP contribution is -2.23. The first kappa shape index (κ1) is 19.1. The largest absolute Gasteiger partial charge is 0.482 e. The van der Waals surface area contributed by atoms with Crippen molar-refractivity contribution in [3.8, 4) is 5.75 Å². The number of nitro benzene ring substituents is 1. The molecule has 8 nitrogen and oxygen atoms in total. The number of carbonyl (C=O) groups is 1. The lowest BCUT2D eigenvalue weighted by Gasteiger charge is -2.09. The lowest BCUT2D eigenvalue weighted by atomic mass is 10.1. The van der Waals surface area contributed by atoms with Gasteiger partial charge in [-0.25, -0.2) is 4.98 Å². The van der Waals surface area contributed by atoms with Crippen LogP contribution in [-0.2, 0) is 13.2 Å². The van der Waals surface area contributed by atoms with Gasteiger partial charge in [0.1, 0.15) is 12.3 Å². The molecule has 0 bridgehead atoms. The van der Waals surface area contributed by atoms with Gasteiger partial charge in [0.15, 0.2) is 5.75 Å². The zero-order chi connectivity index (χ0) is 20.9. The molecule has 2 heterocycles. The number of hydrogen-bond acceptors (Lipinski definition) is 5. The number of imidazole rings is 1. The predicted octanol–water partition coefficient (Wildman–Crippen LogP) is 3.75. The average Bonchev–Trinajstić information content (AvgIpc) is 3.19. The smallest absolute Gasteiger partial charge is 0.311 e. The number of ether oxygens (including phenoxy) is 1. The maximum Gasteiger partial charge on any atom is 0.311 e. The second-order valence-electron chi connectivity index (χ2n) is 6.59. The van der Waals surface area contributed by atoms with Crippen LogP contribution in [0.3, 0.4) is 0 Å². The Morgan fingerprint density at radius 3 is 2.67 bits per heavy atom. The van der Waals surface area contributed by atoms with Crippen molar-refractivity contribution in [1.82, 2.24) is 14.7 Å². The van der Waals surface area contributed by atoms with Crippen molar-refractivity contribution in [1.29, 1.82) is 0 Å². The third kappa shape index (κ3) is 4.27. The molecular weight excluding hydrogens is 384 g/mol. The Kier molecular flexibility index (Phi) is 5.38. The van der Waals surface area contributed by atoms with Crippen molar-refractivity contribution >= 4 is 17.2 Å². The standard InChI is InChI=1S/C22H18N4O4/c27-22(23-13-18-14-25-11-5-4-8-21(25)24-18)17-9-10-20(19(12-17)26(28)29)30-15-16-6-2-1-3-7-16/h1-12,14H,13,15H2,(H,23,27). The molecule has 4 rings (SSSR count). The molecule has 2 aromatic heterocycles. The van der Waals surface area contributed by atoms with Crippen LogP contribution in [0.5, 0.6) is 5.75 Å². The van der Waals surface area contributed by atoms with E-state index in [1.54, 1.807) is 0 Å². The van der Waals surface area contributed by atoms with Gasteiger partial charge < -0.3 is 14.5 Å². The Morgan fingerprint density at radius 1 is 1.10 bits per heavy atom. The van der Waals surface area contributed by atoms with Gasteiger partial charge in [-0.3, -0.25) is 14.9 Å². The van der Waals surface area contributed by atoms with E-state index < -0.39 is 10.8 Å². The fourth-order valence-corrected chi connectivity index (χ4v) is 3.00. The van der Waals surface area contributed by atoms with Crippen LogP contribution in [0, 0.1) is 10.1 Å². The maximum absolute atomic E-state index is 12.5. The molecule has 30 heavy (non-hydrogen) atoms. The first-order chi connectivity index (χ1) is 14.6. The highest BCUT2D eigenvalue weighted by Gasteiger charge is 2.19. The van der Waals surface area contributed by atoms with Gasteiger partial charge in [0, 0.05) is 24.0 Å². The van der Waals surface area contributed by atoms with Crippen LogP contribution in [0.15, 0.2) is 79.1 Å². The van der Waals surface area contributed by atoms with Crippen LogP contribution >= 0.6 is 0 Å². The number of nitrogens with one attached hydrogen (secondary N) is 1. The number of hydrogen-bond donors (Lipinski definition) is 1. The number of amides is 1. The summed E-state index contributed by atoms with van der Waals surface area (Å²) < 4.78 is 7.45. The van der Waals surface area contributed by atoms with Gasteiger partial charge in [-0.05, 0) is 29.8 Å². The summed E-state index contributed by atoms with van der Waals surface area (Å²) in [6.45, 7) is 0.404. The molecule has 1 N–H and O–H groups in total. The summed E-state index contributed by atoms with van der Waals surface area (Å²) in [5, 5.41) is 14.2. The number of rotatable bonds is 7. The summed E-state index contributed by atoms with van der Waals surface area (Å²) in [5.74, 6) is -0.314. The van der Waals surface area contributed by atoms with E-state index in [1.165, 1.54) is 18.2 Å². The number of benzene rings is 2. The van der Waals surface area contributed by atoms with Crippen LogP contribution in [0.4, 0.5) is 5.69 Å². The first-order valence-corrected chi connectivity index (χ1v) is 9.26. The van der Waals surface area contributed by atoms with Gasteiger partial charge in [-0.15, -0.1) is 0 Å². The van der Waals surface area contributed by atoms with Crippen LogP contribution in [0.2, 0.25) is 0 Å². The summed E-state index contributed by atoms with van der Waals surface area (Å²) >= 11 is 0. The molecule has 0 aliphatic heterocycles. The second-order valence-corrected chi connectivity index (χ2v) is 6.59. The number of aromatic nitrogens is 2. The minimum atomic E-state index is -0.556. The summed E-state index contributed by atoms with van der Waals surface area (Å²) in [6, 6.07) is 19.1. The summed E-state index contributed by atoms with van der Waals surface area (Å²) in [4.78, 5) is 27.8. The minimum Gasteiger partial charge on any atom is -0.482 e. The van der Waals surface area contributed by atoms with Crippen molar-refractivity contribution in [2.45, 2.75) is 13.2 Å². The molecule has 0 atom stereocenters. The molecule has 0 saturated heterocycles. The highest BCUT2D eigenvalue weighted by atomic mass is 16.6. The molecule has 0 fully saturated rings. The fourth-order valence-electron chi connectivity index (χ4n) is 3.00. The van der Waals surface area contributed by atoms with Crippen molar-refractivity contribution in [2.75, 3.05) is 0 Å². The van der Waals surface area contributed by atoms with Crippen LogP contribution in [0.1, 0.15) is 21.6 Å². The molecule has 0 aliphatic carbocycles. The van der Waals surface area contributed by atoms with E-state index in [2.05, 4.69) is 10.3 Å². The molecule has 2 aromatic carbocycles.